The van der Waals surface area contributed by atoms with Crippen molar-refractivity contribution in [1.29, 1.82) is 0 Å². The minimum absolute atomic E-state index is 0.233. The van der Waals surface area contributed by atoms with Crippen LogP contribution in [0, 0.1) is 13.8 Å². The minimum Gasteiger partial charge on any atom is -0.369 e. The molecule has 1 aliphatic carbocycles. The summed E-state index contributed by atoms with van der Waals surface area (Å²) in [6, 6.07) is 0.539. The Labute approximate surface area is 119 Å². The number of carbonyl (C=O) groups excluding carboxylic acids is 1. The van der Waals surface area contributed by atoms with Gasteiger partial charge in [-0.05, 0) is 33.6 Å². The van der Waals surface area contributed by atoms with E-state index in [4.69, 9.17) is 5.73 Å². The molecule has 2 N–H and O–H groups in total. The van der Waals surface area contributed by atoms with Gasteiger partial charge in [-0.1, -0.05) is 31.0 Å². The normalized spacial score (nSPS) is 18.5. The Bertz CT molecular complexity index is 464. The van der Waals surface area contributed by atoms with Gasteiger partial charge in [0.05, 0.1) is 10.9 Å². The van der Waals surface area contributed by atoms with Gasteiger partial charge >= 0.3 is 0 Å². The summed E-state index contributed by atoms with van der Waals surface area (Å²) in [6.07, 6.45) is 6.35. The first kappa shape index (κ1) is 14.4. The van der Waals surface area contributed by atoms with Crippen molar-refractivity contribution in [3.05, 3.63) is 11.4 Å². The zero-order chi connectivity index (χ0) is 14.0. The van der Waals surface area contributed by atoms with Gasteiger partial charge in [-0.3, -0.25) is 4.79 Å². The molecule has 4 nitrogen and oxygen atoms in total. The number of aromatic nitrogens is 2. The Morgan fingerprint density at radius 2 is 2.00 bits per heavy atom. The zero-order valence-electron chi connectivity index (χ0n) is 12.0. The first-order valence-corrected chi connectivity index (χ1v) is 7.90. The number of primary amides is 1. The SMILES string of the molecule is Cc1nc(S[C@H](C)C(N)=O)n(C2CCCCC2)c1C. The predicted molar refractivity (Wildman–Crippen MR) is 78.3 cm³/mol. The van der Waals surface area contributed by atoms with Gasteiger partial charge in [-0.2, -0.15) is 0 Å². The second kappa shape index (κ2) is 5.99. The molecule has 0 saturated heterocycles. The van der Waals surface area contributed by atoms with Crippen molar-refractivity contribution in [2.24, 2.45) is 5.73 Å². The van der Waals surface area contributed by atoms with Crippen molar-refractivity contribution in [2.45, 2.75) is 69.3 Å². The van der Waals surface area contributed by atoms with Gasteiger partial charge in [0, 0.05) is 11.7 Å². The number of thioether (sulfide) groups is 1. The third-order valence-electron chi connectivity index (χ3n) is 3.98. The maximum absolute atomic E-state index is 11.2. The van der Waals surface area contributed by atoms with E-state index < -0.39 is 0 Å². The average molecular weight is 281 g/mol. The molecule has 1 aromatic heterocycles. The molecular weight excluding hydrogens is 258 g/mol. The lowest BCUT2D eigenvalue weighted by Crippen LogP contribution is -2.23. The molecule has 0 aliphatic heterocycles. The van der Waals surface area contributed by atoms with E-state index in [0.29, 0.717) is 6.04 Å². The van der Waals surface area contributed by atoms with Gasteiger partial charge in [-0.15, -0.1) is 0 Å². The number of aryl methyl sites for hydroxylation is 1. The molecule has 19 heavy (non-hydrogen) atoms. The highest BCUT2D eigenvalue weighted by atomic mass is 32.2. The van der Waals surface area contributed by atoms with Crippen LogP contribution in [0.4, 0.5) is 0 Å². The van der Waals surface area contributed by atoms with Crippen molar-refractivity contribution in [3.8, 4) is 0 Å². The van der Waals surface area contributed by atoms with Crippen LogP contribution in [0.2, 0.25) is 0 Å². The summed E-state index contributed by atoms with van der Waals surface area (Å²) in [7, 11) is 0. The Hall–Kier alpha value is -0.970. The van der Waals surface area contributed by atoms with E-state index in [1.54, 1.807) is 0 Å². The fourth-order valence-corrected chi connectivity index (χ4v) is 3.69. The Kier molecular flexibility index (Phi) is 4.55. The van der Waals surface area contributed by atoms with Crippen LogP contribution in [0.25, 0.3) is 0 Å². The van der Waals surface area contributed by atoms with Crippen LogP contribution in [0.3, 0.4) is 0 Å². The van der Waals surface area contributed by atoms with Crippen molar-refractivity contribution in [2.75, 3.05) is 0 Å². The number of carbonyl (C=O) groups is 1. The fourth-order valence-electron chi connectivity index (χ4n) is 2.66. The summed E-state index contributed by atoms with van der Waals surface area (Å²) in [6.45, 7) is 6.00. The van der Waals surface area contributed by atoms with E-state index in [1.165, 1.54) is 49.6 Å². The second-order valence-corrected chi connectivity index (χ2v) is 6.70. The molecule has 1 atom stereocenters. The minimum atomic E-state index is -0.279. The van der Waals surface area contributed by atoms with Crippen LogP contribution in [0.5, 0.6) is 0 Å². The molecule has 0 spiro atoms. The Morgan fingerprint density at radius 3 is 2.58 bits per heavy atom. The van der Waals surface area contributed by atoms with Crippen molar-refractivity contribution < 1.29 is 4.79 Å². The number of amides is 1. The highest BCUT2D eigenvalue weighted by Gasteiger charge is 2.24. The van der Waals surface area contributed by atoms with E-state index in [9.17, 15) is 4.79 Å². The maximum atomic E-state index is 11.2. The molecule has 1 heterocycles. The molecule has 1 fully saturated rings. The number of hydrogen-bond donors (Lipinski definition) is 1. The topological polar surface area (TPSA) is 60.9 Å². The number of hydrogen-bond acceptors (Lipinski definition) is 3. The molecule has 1 aromatic rings. The van der Waals surface area contributed by atoms with Crippen LogP contribution in [0.1, 0.15) is 56.5 Å². The van der Waals surface area contributed by atoms with Gasteiger partial charge in [-0.25, -0.2) is 4.98 Å². The Balaban J connectivity index is 2.27. The van der Waals surface area contributed by atoms with E-state index in [-0.39, 0.29) is 11.2 Å². The molecule has 1 amide bonds. The average Bonchev–Trinajstić information content (AvgIpc) is 2.66. The van der Waals surface area contributed by atoms with E-state index >= 15 is 0 Å². The monoisotopic (exact) mass is 281 g/mol. The third kappa shape index (κ3) is 3.14. The van der Waals surface area contributed by atoms with Crippen LogP contribution < -0.4 is 5.73 Å². The van der Waals surface area contributed by atoms with Crippen molar-refractivity contribution in [3.63, 3.8) is 0 Å². The summed E-state index contributed by atoms with van der Waals surface area (Å²) >= 11 is 1.48. The smallest absolute Gasteiger partial charge is 0.230 e. The Morgan fingerprint density at radius 1 is 1.37 bits per heavy atom. The van der Waals surface area contributed by atoms with Crippen LogP contribution in [-0.4, -0.2) is 20.7 Å². The number of imidazole rings is 1. The van der Waals surface area contributed by atoms with Crippen LogP contribution in [0.15, 0.2) is 5.16 Å². The van der Waals surface area contributed by atoms with Crippen molar-refractivity contribution in [1.82, 2.24) is 9.55 Å². The fraction of sp³-hybridized carbons (Fsp3) is 0.714. The molecule has 0 aromatic carbocycles. The maximum Gasteiger partial charge on any atom is 0.230 e. The highest BCUT2D eigenvalue weighted by molar-refractivity contribution is 8.00. The third-order valence-corrected chi connectivity index (χ3v) is 5.06. The van der Waals surface area contributed by atoms with E-state index in [1.807, 2.05) is 13.8 Å². The highest BCUT2D eigenvalue weighted by Crippen LogP contribution is 2.35. The van der Waals surface area contributed by atoms with E-state index in [0.717, 1.165) is 10.9 Å². The predicted octanol–water partition coefficient (Wildman–Crippen LogP) is 2.97. The number of nitrogens with zero attached hydrogens (tertiary/aromatic N) is 2. The van der Waals surface area contributed by atoms with Crippen LogP contribution >= 0.6 is 11.8 Å². The molecule has 1 saturated carbocycles. The van der Waals surface area contributed by atoms with Gasteiger partial charge in [0.1, 0.15) is 0 Å². The van der Waals surface area contributed by atoms with E-state index in [2.05, 4.69) is 16.5 Å². The molecule has 106 valence electrons. The molecule has 0 bridgehead atoms. The quantitative estimate of drug-likeness (QED) is 0.863. The molecule has 2 rings (SSSR count). The molecular formula is C14H23N3OS. The van der Waals surface area contributed by atoms with Crippen molar-refractivity contribution >= 4 is 17.7 Å². The largest absolute Gasteiger partial charge is 0.369 e. The first-order valence-electron chi connectivity index (χ1n) is 7.02. The molecule has 0 radical (unpaired) electrons. The summed E-state index contributed by atoms with van der Waals surface area (Å²) in [5.74, 6) is -0.279. The molecule has 0 unspecified atom stereocenters. The molecule has 1 aliphatic rings. The summed E-state index contributed by atoms with van der Waals surface area (Å²) in [5, 5.41) is 0.719. The first-order chi connectivity index (χ1) is 9.00. The van der Waals surface area contributed by atoms with Gasteiger partial charge in [0.15, 0.2) is 5.16 Å². The lowest BCUT2D eigenvalue weighted by Gasteiger charge is -2.26. The zero-order valence-corrected chi connectivity index (χ0v) is 12.8. The standard InChI is InChI=1S/C14H23N3OS/c1-9-10(2)17(12-7-5-4-6-8-12)14(16-9)19-11(3)13(15)18/h11-12H,4-8H2,1-3H3,(H2,15,18)/t11-/m1/s1. The second-order valence-electron chi connectivity index (χ2n) is 5.39. The summed E-state index contributed by atoms with van der Waals surface area (Å²) in [4.78, 5) is 15.9. The summed E-state index contributed by atoms with van der Waals surface area (Å²) in [5.41, 5.74) is 7.65. The summed E-state index contributed by atoms with van der Waals surface area (Å²) < 4.78 is 2.33. The van der Waals surface area contributed by atoms with Gasteiger partial charge in [0.25, 0.3) is 0 Å². The number of nitrogens with two attached hydrogens (primary N) is 1. The van der Waals surface area contributed by atoms with Crippen LogP contribution in [-0.2, 0) is 4.79 Å². The lowest BCUT2D eigenvalue weighted by molar-refractivity contribution is -0.117. The van der Waals surface area contributed by atoms with Gasteiger partial charge in [0.2, 0.25) is 5.91 Å². The molecule has 5 heteroatoms. The lowest BCUT2D eigenvalue weighted by atomic mass is 9.95. The van der Waals surface area contributed by atoms with Gasteiger partial charge < -0.3 is 10.3 Å². The number of rotatable bonds is 4.